The summed E-state index contributed by atoms with van der Waals surface area (Å²) in [6.45, 7) is 3.07. The average Bonchev–Trinajstić information content (AvgIpc) is 2.98. The Balaban J connectivity index is 1.72. The van der Waals surface area contributed by atoms with Gasteiger partial charge in [0.05, 0.1) is 5.69 Å². The van der Waals surface area contributed by atoms with Crippen molar-refractivity contribution in [3.63, 3.8) is 0 Å². The van der Waals surface area contributed by atoms with Gasteiger partial charge in [-0.15, -0.1) is 11.3 Å². The molecule has 0 saturated heterocycles. The summed E-state index contributed by atoms with van der Waals surface area (Å²) < 4.78 is 5.04. The molecule has 0 aliphatic rings. The Morgan fingerprint density at radius 2 is 2.50 bits per heavy atom. The van der Waals surface area contributed by atoms with Gasteiger partial charge in [0, 0.05) is 17.5 Å². The third-order valence-corrected chi connectivity index (χ3v) is 3.28. The normalized spacial score (nSPS) is 11.7. The first kappa shape index (κ1) is 12.6. The third kappa shape index (κ3) is 3.89. The predicted molar refractivity (Wildman–Crippen MR) is 72.6 cm³/mol. The molecule has 2 aromatic heterocycles. The molecule has 0 radical (unpaired) electrons. The molecule has 5 nitrogen and oxygen atoms in total. The van der Waals surface area contributed by atoms with Gasteiger partial charge in [-0.2, -0.15) is 0 Å². The molecule has 0 aliphatic heterocycles. The van der Waals surface area contributed by atoms with Crippen LogP contribution < -0.4 is 11.1 Å². The van der Waals surface area contributed by atoms with Gasteiger partial charge in [0.25, 0.3) is 0 Å². The van der Waals surface area contributed by atoms with E-state index >= 15 is 0 Å². The minimum atomic E-state index is 0.415. The number of thiophene rings is 1. The van der Waals surface area contributed by atoms with Crippen LogP contribution >= 0.6 is 11.3 Å². The molecule has 6 heteroatoms. The maximum atomic E-state index is 5.75. The van der Waals surface area contributed by atoms with E-state index in [1.807, 2.05) is 19.1 Å². The number of nitrogens with two attached hydrogens (primary N) is 1. The SMILES string of the molecule is Cc1cc(CN=C(N)NCCc2cccs2)on1. The number of aryl methyl sites for hydroxylation is 1. The van der Waals surface area contributed by atoms with E-state index < -0.39 is 0 Å². The largest absolute Gasteiger partial charge is 0.370 e. The van der Waals surface area contributed by atoms with E-state index in [-0.39, 0.29) is 0 Å². The maximum absolute atomic E-state index is 5.75. The molecule has 0 unspecified atom stereocenters. The van der Waals surface area contributed by atoms with E-state index in [1.165, 1.54) is 4.88 Å². The highest BCUT2D eigenvalue weighted by atomic mass is 32.1. The number of hydrogen-bond acceptors (Lipinski definition) is 4. The minimum Gasteiger partial charge on any atom is -0.370 e. The molecule has 2 heterocycles. The van der Waals surface area contributed by atoms with Gasteiger partial charge in [-0.05, 0) is 24.8 Å². The number of hydrogen-bond donors (Lipinski definition) is 2. The van der Waals surface area contributed by atoms with Crippen molar-refractivity contribution in [1.29, 1.82) is 0 Å². The molecule has 0 amide bonds. The molecule has 0 bridgehead atoms. The van der Waals surface area contributed by atoms with Crippen molar-refractivity contribution in [1.82, 2.24) is 10.5 Å². The number of rotatable bonds is 5. The van der Waals surface area contributed by atoms with E-state index in [1.54, 1.807) is 11.3 Å². The predicted octanol–water partition coefficient (Wildman–Crippen LogP) is 1.69. The Labute approximate surface area is 110 Å². The van der Waals surface area contributed by atoms with Gasteiger partial charge < -0.3 is 15.6 Å². The highest BCUT2D eigenvalue weighted by Gasteiger charge is 1.99. The van der Waals surface area contributed by atoms with Gasteiger partial charge in [-0.1, -0.05) is 11.2 Å². The van der Waals surface area contributed by atoms with Crippen molar-refractivity contribution in [2.75, 3.05) is 6.54 Å². The van der Waals surface area contributed by atoms with Gasteiger partial charge in [-0.25, -0.2) is 4.99 Å². The van der Waals surface area contributed by atoms with E-state index in [0.29, 0.717) is 12.5 Å². The van der Waals surface area contributed by atoms with E-state index in [0.717, 1.165) is 24.4 Å². The Hall–Kier alpha value is -1.82. The van der Waals surface area contributed by atoms with Gasteiger partial charge in [-0.3, -0.25) is 0 Å². The standard InChI is InChI=1S/C12H16N4OS/c1-9-7-10(17-16-9)8-15-12(13)14-5-4-11-3-2-6-18-11/h2-3,6-7H,4-5,8H2,1H3,(H3,13,14,15). The second kappa shape index (κ2) is 6.20. The first-order chi connectivity index (χ1) is 8.74. The molecule has 0 aliphatic carbocycles. The van der Waals surface area contributed by atoms with E-state index in [4.69, 9.17) is 10.3 Å². The summed E-state index contributed by atoms with van der Waals surface area (Å²) in [5, 5.41) is 8.93. The number of guanidine groups is 1. The third-order valence-electron chi connectivity index (χ3n) is 2.34. The number of aliphatic imine (C=N–C) groups is 1. The summed E-state index contributed by atoms with van der Waals surface area (Å²) in [5.74, 6) is 1.15. The lowest BCUT2D eigenvalue weighted by molar-refractivity contribution is 0.381. The van der Waals surface area contributed by atoms with Crippen LogP contribution in [0.1, 0.15) is 16.3 Å². The molecule has 0 atom stereocenters. The van der Waals surface area contributed by atoms with Crippen LogP contribution in [-0.2, 0) is 13.0 Å². The lowest BCUT2D eigenvalue weighted by Crippen LogP contribution is -2.33. The molecule has 0 saturated carbocycles. The first-order valence-electron chi connectivity index (χ1n) is 5.72. The molecule has 0 aromatic carbocycles. The zero-order valence-corrected chi connectivity index (χ0v) is 11.0. The summed E-state index contributed by atoms with van der Waals surface area (Å²) >= 11 is 1.74. The van der Waals surface area contributed by atoms with Crippen LogP contribution in [0, 0.1) is 6.92 Å². The molecule has 0 fully saturated rings. The van der Waals surface area contributed by atoms with E-state index in [2.05, 4.69) is 26.9 Å². The number of nitrogens with zero attached hydrogens (tertiary/aromatic N) is 2. The maximum Gasteiger partial charge on any atom is 0.189 e. The van der Waals surface area contributed by atoms with Crippen molar-refractivity contribution in [2.45, 2.75) is 19.9 Å². The Morgan fingerprint density at radius 1 is 1.61 bits per heavy atom. The first-order valence-corrected chi connectivity index (χ1v) is 6.60. The molecular formula is C12H16N4OS. The van der Waals surface area contributed by atoms with Crippen LogP contribution in [0.4, 0.5) is 0 Å². The van der Waals surface area contributed by atoms with Gasteiger partial charge in [0.1, 0.15) is 6.54 Å². The molecule has 0 spiro atoms. The highest BCUT2D eigenvalue weighted by molar-refractivity contribution is 7.09. The van der Waals surface area contributed by atoms with Gasteiger partial charge >= 0.3 is 0 Å². The summed E-state index contributed by atoms with van der Waals surface area (Å²) in [6, 6.07) is 6.00. The van der Waals surface area contributed by atoms with Crippen LogP contribution in [0.2, 0.25) is 0 Å². The van der Waals surface area contributed by atoms with Crippen LogP contribution in [0.3, 0.4) is 0 Å². The topological polar surface area (TPSA) is 76.4 Å². The number of nitrogens with one attached hydrogen (secondary N) is 1. The molecular weight excluding hydrogens is 248 g/mol. The molecule has 96 valence electrons. The van der Waals surface area contributed by atoms with E-state index in [9.17, 15) is 0 Å². The Bertz CT molecular complexity index is 504. The second-order valence-corrected chi connectivity index (χ2v) is 4.92. The second-order valence-electron chi connectivity index (χ2n) is 3.89. The van der Waals surface area contributed by atoms with Crippen LogP contribution in [0.5, 0.6) is 0 Å². The van der Waals surface area contributed by atoms with Crippen LogP contribution in [0.15, 0.2) is 33.1 Å². The fourth-order valence-electron chi connectivity index (χ4n) is 1.48. The molecule has 18 heavy (non-hydrogen) atoms. The molecule has 3 N–H and O–H groups in total. The lowest BCUT2D eigenvalue weighted by Gasteiger charge is -2.03. The number of aromatic nitrogens is 1. The summed E-state index contributed by atoms with van der Waals surface area (Å²) in [6.07, 6.45) is 0.954. The summed E-state index contributed by atoms with van der Waals surface area (Å²) in [4.78, 5) is 5.51. The Kier molecular flexibility index (Phi) is 4.35. The molecule has 2 rings (SSSR count). The van der Waals surface area contributed by atoms with Gasteiger partial charge in [0.15, 0.2) is 11.7 Å². The average molecular weight is 264 g/mol. The lowest BCUT2D eigenvalue weighted by atomic mass is 10.3. The van der Waals surface area contributed by atoms with Gasteiger partial charge in [0.2, 0.25) is 0 Å². The summed E-state index contributed by atoms with van der Waals surface area (Å²) in [5.41, 5.74) is 6.60. The minimum absolute atomic E-state index is 0.415. The fourth-order valence-corrected chi connectivity index (χ4v) is 2.19. The van der Waals surface area contributed by atoms with Crippen molar-refractivity contribution >= 4 is 17.3 Å². The Morgan fingerprint density at radius 3 is 3.17 bits per heavy atom. The quantitative estimate of drug-likeness (QED) is 0.636. The smallest absolute Gasteiger partial charge is 0.189 e. The van der Waals surface area contributed by atoms with Crippen molar-refractivity contribution in [3.05, 3.63) is 39.9 Å². The zero-order valence-electron chi connectivity index (χ0n) is 10.2. The molecule has 2 aromatic rings. The van der Waals surface area contributed by atoms with Crippen molar-refractivity contribution in [2.24, 2.45) is 10.7 Å². The van der Waals surface area contributed by atoms with Crippen LogP contribution in [0.25, 0.3) is 0 Å². The zero-order chi connectivity index (χ0) is 12.8. The highest BCUT2D eigenvalue weighted by Crippen LogP contribution is 2.08. The summed E-state index contributed by atoms with van der Waals surface area (Å²) in [7, 11) is 0. The van der Waals surface area contributed by atoms with Crippen molar-refractivity contribution < 1.29 is 4.52 Å². The monoisotopic (exact) mass is 264 g/mol. The fraction of sp³-hybridized carbons (Fsp3) is 0.333. The van der Waals surface area contributed by atoms with Crippen LogP contribution in [-0.4, -0.2) is 17.7 Å². The van der Waals surface area contributed by atoms with Crippen molar-refractivity contribution in [3.8, 4) is 0 Å².